The van der Waals surface area contributed by atoms with Gasteiger partial charge in [0.2, 0.25) is 5.79 Å². The van der Waals surface area contributed by atoms with Crippen LogP contribution in [-0.4, -0.2) is 35.7 Å². The van der Waals surface area contributed by atoms with E-state index in [-0.39, 0.29) is 0 Å². The average molecular weight is 335 g/mol. The van der Waals surface area contributed by atoms with E-state index in [0.29, 0.717) is 19.2 Å². The minimum atomic E-state index is -1.19. The van der Waals surface area contributed by atoms with Crippen molar-refractivity contribution in [2.24, 2.45) is 0 Å². The molecule has 3 nitrogen and oxygen atoms in total. The maximum absolute atomic E-state index is 11.0. The molecule has 0 aromatic heterocycles. The molecular formula is C22H25NO2. The minimum absolute atomic E-state index is 0.474. The third-order valence-electron chi connectivity index (χ3n) is 5.31. The van der Waals surface area contributed by atoms with Gasteiger partial charge in [-0.1, -0.05) is 73.2 Å². The van der Waals surface area contributed by atoms with Crippen molar-refractivity contribution in [1.82, 2.24) is 4.90 Å². The third-order valence-corrected chi connectivity index (χ3v) is 5.31. The second kappa shape index (κ2) is 7.12. The van der Waals surface area contributed by atoms with Crippen LogP contribution in [0.3, 0.4) is 0 Å². The number of nitrogens with zero attached hydrogens (tertiary/aromatic N) is 1. The zero-order valence-electron chi connectivity index (χ0n) is 14.5. The molecule has 0 amide bonds. The van der Waals surface area contributed by atoms with E-state index < -0.39 is 5.79 Å². The SMILES string of the molecule is OC1(c2ccc(/C=C/c3ccccc3)cc2)CN2CCCCC2CO1. The van der Waals surface area contributed by atoms with Crippen molar-refractivity contribution in [1.29, 1.82) is 0 Å². The molecular weight excluding hydrogens is 310 g/mol. The standard InChI is InChI=1S/C22H25NO2/c24-22(17-23-15-5-4-8-21(23)16-25-22)20-13-11-19(12-14-20)10-9-18-6-2-1-3-7-18/h1-3,6-7,9-14,21,24H,4-5,8,15-17H2/b10-9+. The van der Waals surface area contributed by atoms with E-state index in [9.17, 15) is 5.11 Å². The van der Waals surface area contributed by atoms with Gasteiger partial charge < -0.3 is 9.84 Å². The Bertz CT molecular complexity index is 725. The number of hydrogen-bond donors (Lipinski definition) is 1. The summed E-state index contributed by atoms with van der Waals surface area (Å²) in [6, 6.07) is 18.8. The molecule has 2 aromatic carbocycles. The molecule has 1 N–H and O–H groups in total. The number of piperidine rings is 1. The van der Waals surface area contributed by atoms with Crippen molar-refractivity contribution in [3.05, 3.63) is 71.3 Å². The maximum Gasteiger partial charge on any atom is 0.205 e. The Morgan fingerprint density at radius 1 is 0.960 bits per heavy atom. The molecule has 0 radical (unpaired) electrons. The fourth-order valence-electron chi connectivity index (χ4n) is 3.80. The van der Waals surface area contributed by atoms with Crippen molar-refractivity contribution in [3.8, 4) is 0 Å². The summed E-state index contributed by atoms with van der Waals surface area (Å²) >= 11 is 0. The number of ether oxygens (including phenoxy) is 1. The normalized spacial score (nSPS) is 27.3. The molecule has 130 valence electrons. The first-order valence-corrected chi connectivity index (χ1v) is 9.17. The lowest BCUT2D eigenvalue weighted by molar-refractivity contribution is -0.264. The molecule has 0 saturated carbocycles. The Hall–Kier alpha value is -1.94. The number of fused-ring (bicyclic) bond motifs is 1. The van der Waals surface area contributed by atoms with Crippen LogP contribution in [0.4, 0.5) is 0 Å². The van der Waals surface area contributed by atoms with E-state index in [1.807, 2.05) is 42.5 Å². The largest absolute Gasteiger partial charge is 0.361 e. The highest BCUT2D eigenvalue weighted by Crippen LogP contribution is 2.32. The summed E-state index contributed by atoms with van der Waals surface area (Å²) in [5, 5.41) is 11.0. The molecule has 0 aliphatic carbocycles. The minimum Gasteiger partial charge on any atom is -0.361 e. The van der Waals surface area contributed by atoms with Gasteiger partial charge in [-0.2, -0.15) is 0 Å². The van der Waals surface area contributed by atoms with Gasteiger partial charge >= 0.3 is 0 Å². The second-order valence-electron chi connectivity index (χ2n) is 7.08. The van der Waals surface area contributed by atoms with Crippen LogP contribution in [0.5, 0.6) is 0 Å². The first-order valence-electron chi connectivity index (χ1n) is 9.17. The molecule has 2 aromatic rings. The highest BCUT2D eigenvalue weighted by atomic mass is 16.6. The smallest absolute Gasteiger partial charge is 0.205 e. The molecule has 2 atom stereocenters. The first-order chi connectivity index (χ1) is 12.2. The molecule has 2 saturated heterocycles. The van der Waals surface area contributed by atoms with Crippen LogP contribution in [0.25, 0.3) is 12.2 Å². The molecule has 0 bridgehead atoms. The number of rotatable bonds is 3. The second-order valence-corrected chi connectivity index (χ2v) is 7.08. The molecule has 4 rings (SSSR count). The third kappa shape index (κ3) is 3.69. The predicted octanol–water partition coefficient (Wildman–Crippen LogP) is 3.89. The summed E-state index contributed by atoms with van der Waals surface area (Å²) in [5.74, 6) is -1.19. The summed E-state index contributed by atoms with van der Waals surface area (Å²) in [5.41, 5.74) is 3.13. The number of aliphatic hydroxyl groups is 1. The van der Waals surface area contributed by atoms with Crippen molar-refractivity contribution < 1.29 is 9.84 Å². The van der Waals surface area contributed by atoms with Crippen LogP contribution in [0.15, 0.2) is 54.6 Å². The van der Waals surface area contributed by atoms with E-state index in [1.165, 1.54) is 24.8 Å². The maximum atomic E-state index is 11.0. The van der Waals surface area contributed by atoms with Crippen LogP contribution in [-0.2, 0) is 10.5 Å². The van der Waals surface area contributed by atoms with E-state index in [0.717, 1.165) is 17.7 Å². The van der Waals surface area contributed by atoms with Gasteiger partial charge in [-0.15, -0.1) is 0 Å². The Balaban J connectivity index is 1.47. The lowest BCUT2D eigenvalue weighted by Gasteiger charge is -2.46. The molecule has 2 heterocycles. The first kappa shape index (κ1) is 16.5. The van der Waals surface area contributed by atoms with Gasteiger partial charge in [0.1, 0.15) is 0 Å². The zero-order chi connectivity index (χ0) is 17.1. The van der Waals surface area contributed by atoms with Gasteiger partial charge in [0.25, 0.3) is 0 Å². The van der Waals surface area contributed by atoms with E-state index in [4.69, 9.17) is 4.74 Å². The summed E-state index contributed by atoms with van der Waals surface area (Å²) in [6.07, 6.45) is 7.85. The van der Waals surface area contributed by atoms with Gasteiger partial charge in [-0.25, -0.2) is 0 Å². The van der Waals surface area contributed by atoms with Crippen LogP contribution in [0.1, 0.15) is 36.0 Å². The summed E-state index contributed by atoms with van der Waals surface area (Å²) < 4.78 is 5.89. The highest BCUT2D eigenvalue weighted by molar-refractivity contribution is 5.69. The topological polar surface area (TPSA) is 32.7 Å². The molecule has 2 aliphatic heterocycles. The fourth-order valence-corrected chi connectivity index (χ4v) is 3.80. The van der Waals surface area contributed by atoms with E-state index in [2.05, 4.69) is 29.2 Å². The van der Waals surface area contributed by atoms with Crippen LogP contribution < -0.4 is 0 Å². The monoisotopic (exact) mass is 335 g/mol. The lowest BCUT2D eigenvalue weighted by Crippen LogP contribution is -2.56. The number of hydrogen-bond acceptors (Lipinski definition) is 3. The molecule has 3 heteroatoms. The Morgan fingerprint density at radius 3 is 2.44 bits per heavy atom. The highest BCUT2D eigenvalue weighted by Gasteiger charge is 2.41. The Labute approximate surface area is 149 Å². The van der Waals surface area contributed by atoms with Crippen molar-refractivity contribution in [3.63, 3.8) is 0 Å². The molecule has 2 aliphatic rings. The van der Waals surface area contributed by atoms with Crippen LogP contribution in [0, 0.1) is 0 Å². The van der Waals surface area contributed by atoms with E-state index >= 15 is 0 Å². The lowest BCUT2D eigenvalue weighted by atomic mass is 9.96. The molecule has 2 fully saturated rings. The summed E-state index contributed by atoms with van der Waals surface area (Å²) in [4.78, 5) is 2.39. The molecule has 25 heavy (non-hydrogen) atoms. The van der Waals surface area contributed by atoms with Crippen LogP contribution >= 0.6 is 0 Å². The molecule has 0 spiro atoms. The van der Waals surface area contributed by atoms with Gasteiger partial charge in [-0.3, -0.25) is 4.90 Å². The van der Waals surface area contributed by atoms with Gasteiger partial charge in [-0.05, 0) is 30.5 Å². The quantitative estimate of drug-likeness (QED) is 0.864. The van der Waals surface area contributed by atoms with Crippen LogP contribution in [0.2, 0.25) is 0 Å². The number of morpholine rings is 1. The van der Waals surface area contributed by atoms with Gasteiger partial charge in [0.15, 0.2) is 0 Å². The van der Waals surface area contributed by atoms with E-state index in [1.54, 1.807) is 0 Å². The predicted molar refractivity (Wildman–Crippen MR) is 101 cm³/mol. The summed E-state index contributed by atoms with van der Waals surface area (Å²) in [7, 11) is 0. The summed E-state index contributed by atoms with van der Waals surface area (Å²) in [6.45, 7) is 2.25. The van der Waals surface area contributed by atoms with Gasteiger partial charge in [0, 0.05) is 11.6 Å². The van der Waals surface area contributed by atoms with Crippen molar-refractivity contribution in [2.45, 2.75) is 31.1 Å². The number of benzene rings is 2. The zero-order valence-corrected chi connectivity index (χ0v) is 14.5. The molecule has 2 unspecified atom stereocenters. The van der Waals surface area contributed by atoms with Crippen molar-refractivity contribution in [2.75, 3.05) is 19.7 Å². The van der Waals surface area contributed by atoms with Gasteiger partial charge in [0.05, 0.1) is 13.2 Å². The Kier molecular flexibility index (Phi) is 4.71. The fraction of sp³-hybridized carbons (Fsp3) is 0.364. The van der Waals surface area contributed by atoms with Crippen molar-refractivity contribution >= 4 is 12.2 Å². The average Bonchev–Trinajstić information content (AvgIpc) is 2.67. The Morgan fingerprint density at radius 2 is 1.68 bits per heavy atom.